The van der Waals surface area contributed by atoms with Crippen LogP contribution in [0.25, 0.3) is 11.4 Å². The van der Waals surface area contributed by atoms with Gasteiger partial charge in [-0.15, -0.1) is 21.5 Å². The molecule has 6 nitrogen and oxygen atoms in total. The first-order valence-corrected chi connectivity index (χ1v) is 9.79. The number of nitrogens with zero attached hydrogens (tertiary/aromatic N) is 4. The number of nitrogens with one attached hydrogen (secondary N) is 1. The van der Waals surface area contributed by atoms with Gasteiger partial charge in [0, 0.05) is 17.5 Å². The molecule has 1 aromatic carbocycles. The minimum Gasteiger partial charge on any atom is -0.302 e. The highest BCUT2D eigenvalue weighted by atomic mass is 32.2. The van der Waals surface area contributed by atoms with Crippen molar-refractivity contribution in [3.63, 3.8) is 0 Å². The molecule has 2 aromatic heterocycles. The van der Waals surface area contributed by atoms with Crippen LogP contribution in [0.4, 0.5) is 5.13 Å². The molecule has 0 bridgehead atoms. The topological polar surface area (TPSA) is 72.7 Å². The van der Waals surface area contributed by atoms with Gasteiger partial charge in [-0.1, -0.05) is 36.0 Å². The summed E-state index contributed by atoms with van der Waals surface area (Å²) < 4.78 is 2.04. The molecule has 0 aliphatic heterocycles. The van der Waals surface area contributed by atoms with Gasteiger partial charge in [-0.25, -0.2) is 4.98 Å². The summed E-state index contributed by atoms with van der Waals surface area (Å²) >= 11 is 2.81. The van der Waals surface area contributed by atoms with Crippen LogP contribution in [0.2, 0.25) is 0 Å². The van der Waals surface area contributed by atoms with Gasteiger partial charge in [0.15, 0.2) is 16.1 Å². The van der Waals surface area contributed by atoms with Gasteiger partial charge < -0.3 is 9.88 Å². The van der Waals surface area contributed by atoms with Crippen LogP contribution in [0.1, 0.15) is 18.2 Å². The van der Waals surface area contributed by atoms with E-state index in [9.17, 15) is 4.79 Å². The van der Waals surface area contributed by atoms with Crippen molar-refractivity contribution in [2.45, 2.75) is 32.5 Å². The lowest BCUT2D eigenvalue weighted by Crippen LogP contribution is -2.14. The summed E-state index contributed by atoms with van der Waals surface area (Å²) in [5, 5.41) is 14.7. The molecule has 0 saturated heterocycles. The average Bonchev–Trinajstić information content (AvgIpc) is 3.19. The van der Waals surface area contributed by atoms with Crippen LogP contribution in [0.15, 0.2) is 34.8 Å². The lowest BCUT2D eigenvalue weighted by Gasteiger charge is -2.09. The molecule has 0 atom stereocenters. The Balaban J connectivity index is 1.71. The SMILES string of the molecule is CCn1c(SCC(=O)Nc2nc(C)cs2)nnc1-c1ccccc1C. The zero-order valence-electron chi connectivity index (χ0n) is 14.3. The number of hydrogen-bond donors (Lipinski definition) is 1. The van der Waals surface area contributed by atoms with E-state index in [-0.39, 0.29) is 11.7 Å². The monoisotopic (exact) mass is 373 g/mol. The highest BCUT2D eigenvalue weighted by Crippen LogP contribution is 2.26. The summed E-state index contributed by atoms with van der Waals surface area (Å²) in [6.45, 7) is 6.75. The summed E-state index contributed by atoms with van der Waals surface area (Å²) in [6.07, 6.45) is 0. The van der Waals surface area contributed by atoms with E-state index in [4.69, 9.17) is 0 Å². The smallest absolute Gasteiger partial charge is 0.236 e. The summed E-state index contributed by atoms with van der Waals surface area (Å²) in [7, 11) is 0. The number of aryl methyl sites for hydroxylation is 2. The van der Waals surface area contributed by atoms with Gasteiger partial charge in [0.2, 0.25) is 5.91 Å². The van der Waals surface area contributed by atoms with Crippen molar-refractivity contribution in [3.8, 4) is 11.4 Å². The second-order valence-corrected chi connectivity index (χ2v) is 7.30. The van der Waals surface area contributed by atoms with Crippen molar-refractivity contribution in [2.75, 3.05) is 11.1 Å². The molecule has 1 N–H and O–H groups in total. The van der Waals surface area contributed by atoms with Gasteiger partial charge in [0.1, 0.15) is 0 Å². The minimum atomic E-state index is -0.0950. The maximum atomic E-state index is 12.1. The fourth-order valence-electron chi connectivity index (χ4n) is 2.40. The first kappa shape index (κ1) is 17.6. The number of amides is 1. The van der Waals surface area contributed by atoms with Crippen molar-refractivity contribution in [3.05, 3.63) is 40.9 Å². The van der Waals surface area contributed by atoms with E-state index in [2.05, 4.69) is 33.5 Å². The number of carbonyl (C=O) groups is 1. The number of thiazole rings is 1. The first-order valence-electron chi connectivity index (χ1n) is 7.92. The molecule has 0 aliphatic carbocycles. The molecule has 0 spiro atoms. The highest BCUT2D eigenvalue weighted by Gasteiger charge is 2.16. The van der Waals surface area contributed by atoms with Crippen LogP contribution in [0, 0.1) is 13.8 Å². The molecular formula is C17H19N5OS2. The normalized spacial score (nSPS) is 10.8. The number of anilines is 1. The fraction of sp³-hybridized carbons (Fsp3) is 0.294. The fourth-order valence-corrected chi connectivity index (χ4v) is 3.91. The molecule has 3 aromatic rings. The average molecular weight is 374 g/mol. The Morgan fingerprint density at radius 3 is 2.76 bits per heavy atom. The van der Waals surface area contributed by atoms with Gasteiger partial charge in [-0.3, -0.25) is 4.79 Å². The number of rotatable bonds is 6. The Labute approximate surface area is 154 Å². The number of aromatic nitrogens is 4. The van der Waals surface area contributed by atoms with Crippen LogP contribution in [-0.2, 0) is 11.3 Å². The largest absolute Gasteiger partial charge is 0.302 e. The summed E-state index contributed by atoms with van der Waals surface area (Å²) in [4.78, 5) is 16.3. The predicted octanol–water partition coefficient (Wildman–Crippen LogP) is 3.77. The van der Waals surface area contributed by atoms with Crippen LogP contribution in [-0.4, -0.2) is 31.4 Å². The van der Waals surface area contributed by atoms with Crippen LogP contribution >= 0.6 is 23.1 Å². The molecule has 0 unspecified atom stereocenters. The number of carbonyl (C=O) groups excluding carboxylic acids is 1. The Bertz CT molecular complexity index is 887. The maximum Gasteiger partial charge on any atom is 0.236 e. The zero-order chi connectivity index (χ0) is 17.8. The molecule has 2 heterocycles. The third-order valence-corrected chi connectivity index (χ3v) is 5.46. The summed E-state index contributed by atoms with van der Waals surface area (Å²) in [6, 6.07) is 8.09. The van der Waals surface area contributed by atoms with Gasteiger partial charge in [-0.2, -0.15) is 0 Å². The molecular weight excluding hydrogens is 354 g/mol. The molecule has 0 saturated carbocycles. The molecule has 3 rings (SSSR count). The minimum absolute atomic E-state index is 0.0950. The second-order valence-electron chi connectivity index (χ2n) is 5.50. The van der Waals surface area contributed by atoms with E-state index >= 15 is 0 Å². The molecule has 130 valence electrons. The Kier molecular flexibility index (Phi) is 5.50. The quantitative estimate of drug-likeness (QED) is 0.666. The van der Waals surface area contributed by atoms with Gasteiger partial charge in [0.25, 0.3) is 0 Å². The highest BCUT2D eigenvalue weighted by molar-refractivity contribution is 7.99. The summed E-state index contributed by atoms with van der Waals surface area (Å²) in [5.41, 5.74) is 3.12. The van der Waals surface area contributed by atoms with E-state index in [0.717, 1.165) is 34.3 Å². The number of thioether (sulfide) groups is 1. The van der Waals surface area contributed by atoms with Gasteiger partial charge in [-0.05, 0) is 26.3 Å². The lowest BCUT2D eigenvalue weighted by molar-refractivity contribution is -0.113. The van der Waals surface area contributed by atoms with E-state index in [0.29, 0.717) is 5.13 Å². The molecule has 0 aliphatic rings. The van der Waals surface area contributed by atoms with Gasteiger partial charge in [0.05, 0.1) is 11.4 Å². The Morgan fingerprint density at radius 2 is 2.08 bits per heavy atom. The van der Waals surface area contributed by atoms with Crippen LogP contribution in [0.3, 0.4) is 0 Å². The third-order valence-electron chi connectivity index (χ3n) is 3.62. The van der Waals surface area contributed by atoms with E-state index in [1.165, 1.54) is 23.1 Å². The Hall–Kier alpha value is -2.19. The van der Waals surface area contributed by atoms with Crippen molar-refractivity contribution in [1.82, 2.24) is 19.7 Å². The Morgan fingerprint density at radius 1 is 1.28 bits per heavy atom. The molecule has 0 fully saturated rings. The van der Waals surface area contributed by atoms with Crippen molar-refractivity contribution < 1.29 is 4.79 Å². The summed E-state index contributed by atoms with van der Waals surface area (Å²) in [5.74, 6) is 1.01. The maximum absolute atomic E-state index is 12.1. The van der Waals surface area contributed by atoms with Gasteiger partial charge >= 0.3 is 0 Å². The van der Waals surface area contributed by atoms with Crippen molar-refractivity contribution >= 4 is 34.1 Å². The zero-order valence-corrected chi connectivity index (χ0v) is 15.9. The number of benzene rings is 1. The van der Waals surface area contributed by atoms with Crippen molar-refractivity contribution in [1.29, 1.82) is 0 Å². The molecule has 1 amide bonds. The second kappa shape index (κ2) is 7.79. The van der Waals surface area contributed by atoms with E-state index in [1.54, 1.807) is 0 Å². The molecule has 0 radical (unpaired) electrons. The number of hydrogen-bond acceptors (Lipinski definition) is 6. The molecule has 25 heavy (non-hydrogen) atoms. The lowest BCUT2D eigenvalue weighted by atomic mass is 10.1. The third kappa shape index (κ3) is 4.08. The van der Waals surface area contributed by atoms with Crippen LogP contribution < -0.4 is 5.32 Å². The molecule has 8 heteroatoms. The first-order chi connectivity index (χ1) is 12.1. The van der Waals surface area contributed by atoms with Crippen molar-refractivity contribution in [2.24, 2.45) is 0 Å². The standard InChI is InChI=1S/C17H19N5OS2/c1-4-22-15(13-8-6-5-7-11(13)2)20-21-17(22)25-10-14(23)19-16-18-12(3)9-24-16/h5-9H,4,10H2,1-3H3,(H,18,19,23). The van der Waals surface area contributed by atoms with Crippen LogP contribution in [0.5, 0.6) is 0 Å². The predicted molar refractivity (Wildman–Crippen MR) is 102 cm³/mol. The van der Waals surface area contributed by atoms with E-state index in [1.807, 2.05) is 42.0 Å². The van der Waals surface area contributed by atoms with E-state index < -0.39 is 0 Å².